The van der Waals surface area contributed by atoms with Crippen LogP contribution in [0.1, 0.15) is 123 Å². The van der Waals surface area contributed by atoms with E-state index in [9.17, 15) is 0 Å². The average Bonchev–Trinajstić information content (AvgIpc) is 2.55. The highest BCUT2D eigenvalue weighted by molar-refractivity contribution is 8.68. The van der Waals surface area contributed by atoms with Gasteiger partial charge >= 0.3 is 0 Å². The van der Waals surface area contributed by atoms with Gasteiger partial charge in [0, 0.05) is 5.25 Å². The van der Waals surface area contributed by atoms with Crippen molar-refractivity contribution < 1.29 is 0 Å². The second-order valence-electron chi connectivity index (χ2n) is 6.87. The molecule has 0 amide bonds. The Morgan fingerprint density at radius 1 is 0.591 bits per heavy atom. The predicted octanol–water partition coefficient (Wildman–Crippen LogP) is 8.60. The summed E-state index contributed by atoms with van der Waals surface area (Å²) in [5.41, 5.74) is 0. The average molecular weight is 347 g/mol. The minimum atomic E-state index is 0.783. The Labute approximate surface area is 150 Å². The third kappa shape index (κ3) is 17.1. The first-order chi connectivity index (χ1) is 10.8. The van der Waals surface area contributed by atoms with Crippen LogP contribution in [-0.4, -0.2) is 5.25 Å². The molecule has 0 radical (unpaired) electrons. The lowest BCUT2D eigenvalue weighted by molar-refractivity contribution is 0.528. The highest BCUT2D eigenvalue weighted by atomic mass is 33.1. The predicted molar refractivity (Wildman–Crippen MR) is 110 cm³/mol. The SMILES string of the molecule is CCCCCCCCCCCCCCCCCC(CC)SS. The summed E-state index contributed by atoms with van der Waals surface area (Å²) in [6, 6.07) is 0. The van der Waals surface area contributed by atoms with Crippen LogP contribution in [0.5, 0.6) is 0 Å². The Bertz CT molecular complexity index is 190. The highest BCUT2D eigenvalue weighted by Gasteiger charge is 2.03. The molecule has 0 saturated carbocycles. The number of unbranched alkanes of at least 4 members (excludes halogenated alkanes) is 14. The van der Waals surface area contributed by atoms with Gasteiger partial charge in [0.25, 0.3) is 0 Å². The van der Waals surface area contributed by atoms with E-state index < -0.39 is 0 Å². The molecule has 0 rings (SSSR count). The molecule has 0 aromatic heterocycles. The highest BCUT2D eigenvalue weighted by Crippen LogP contribution is 2.24. The summed E-state index contributed by atoms with van der Waals surface area (Å²) in [5.74, 6) is 0. The molecular formula is C20H42S2. The van der Waals surface area contributed by atoms with Gasteiger partial charge in [-0.3, -0.25) is 0 Å². The fourth-order valence-corrected chi connectivity index (χ4v) is 4.26. The molecule has 0 saturated heterocycles. The van der Waals surface area contributed by atoms with E-state index in [1.807, 2.05) is 0 Å². The minimum Gasteiger partial charge on any atom is -0.111 e. The minimum absolute atomic E-state index is 0.783. The van der Waals surface area contributed by atoms with Crippen LogP contribution < -0.4 is 0 Å². The number of thiol groups is 1. The van der Waals surface area contributed by atoms with Crippen LogP contribution >= 0.6 is 22.5 Å². The van der Waals surface area contributed by atoms with Gasteiger partial charge in [0.1, 0.15) is 0 Å². The summed E-state index contributed by atoms with van der Waals surface area (Å²) in [6.07, 6.45) is 24.4. The Kier molecular flexibility index (Phi) is 20.4. The molecule has 0 fully saturated rings. The first kappa shape index (κ1) is 22.7. The van der Waals surface area contributed by atoms with Crippen molar-refractivity contribution in [2.45, 2.75) is 128 Å². The molecule has 0 aromatic carbocycles. The molecule has 0 bridgehead atoms. The zero-order chi connectivity index (χ0) is 16.3. The normalized spacial score (nSPS) is 12.7. The second kappa shape index (κ2) is 19.7. The second-order valence-corrected chi connectivity index (χ2v) is 8.38. The van der Waals surface area contributed by atoms with Gasteiger partial charge in [-0.1, -0.05) is 121 Å². The van der Waals surface area contributed by atoms with E-state index in [0.717, 1.165) is 5.25 Å². The summed E-state index contributed by atoms with van der Waals surface area (Å²) < 4.78 is 0. The first-order valence-electron chi connectivity index (χ1n) is 10.1. The van der Waals surface area contributed by atoms with Crippen molar-refractivity contribution in [1.82, 2.24) is 0 Å². The lowest BCUT2D eigenvalue weighted by Gasteiger charge is -2.10. The lowest BCUT2D eigenvalue weighted by atomic mass is 10.0. The first-order valence-corrected chi connectivity index (χ1v) is 12.1. The molecule has 0 aromatic rings. The van der Waals surface area contributed by atoms with Crippen molar-refractivity contribution in [3.8, 4) is 0 Å². The van der Waals surface area contributed by atoms with Crippen LogP contribution in [0.25, 0.3) is 0 Å². The largest absolute Gasteiger partial charge is 0.111 e. The third-order valence-electron chi connectivity index (χ3n) is 4.73. The molecule has 1 atom stereocenters. The summed E-state index contributed by atoms with van der Waals surface area (Å²) in [6.45, 7) is 4.57. The van der Waals surface area contributed by atoms with Gasteiger partial charge in [-0.25, -0.2) is 0 Å². The smallest absolute Gasteiger partial charge is 0.0146 e. The summed E-state index contributed by atoms with van der Waals surface area (Å²) >= 11 is 4.34. The molecule has 2 heteroatoms. The maximum absolute atomic E-state index is 4.34. The standard InChI is InChI=1S/C20H42S2/c1-3-5-6-7-8-9-10-11-12-13-14-15-16-17-18-19-20(4-2)22-21/h20-21H,3-19H2,1-2H3. The van der Waals surface area contributed by atoms with Crippen LogP contribution in [0.4, 0.5) is 0 Å². The van der Waals surface area contributed by atoms with Gasteiger partial charge in [-0.2, -0.15) is 0 Å². The molecule has 0 heterocycles. The zero-order valence-corrected chi connectivity index (χ0v) is 17.2. The fraction of sp³-hybridized carbons (Fsp3) is 1.00. The molecular weight excluding hydrogens is 304 g/mol. The van der Waals surface area contributed by atoms with Gasteiger partial charge in [0.15, 0.2) is 0 Å². The Balaban J connectivity index is 3.02. The van der Waals surface area contributed by atoms with Crippen molar-refractivity contribution in [2.75, 3.05) is 0 Å². The van der Waals surface area contributed by atoms with E-state index in [2.05, 4.69) is 25.5 Å². The van der Waals surface area contributed by atoms with Crippen LogP contribution in [-0.2, 0) is 0 Å². The molecule has 0 nitrogen and oxygen atoms in total. The third-order valence-corrected chi connectivity index (χ3v) is 6.50. The van der Waals surface area contributed by atoms with Crippen molar-refractivity contribution in [3.63, 3.8) is 0 Å². The monoisotopic (exact) mass is 346 g/mol. The molecule has 0 N–H and O–H groups in total. The summed E-state index contributed by atoms with van der Waals surface area (Å²) in [4.78, 5) is 0. The molecule has 1 unspecified atom stereocenters. The van der Waals surface area contributed by atoms with E-state index in [1.165, 1.54) is 109 Å². The van der Waals surface area contributed by atoms with E-state index in [1.54, 1.807) is 10.8 Å². The van der Waals surface area contributed by atoms with Gasteiger partial charge in [-0.15, -0.1) is 11.7 Å². The van der Waals surface area contributed by atoms with Crippen LogP contribution in [0.3, 0.4) is 0 Å². The topological polar surface area (TPSA) is 0 Å². The molecule has 22 heavy (non-hydrogen) atoms. The fourth-order valence-electron chi connectivity index (χ4n) is 3.07. The van der Waals surface area contributed by atoms with E-state index >= 15 is 0 Å². The van der Waals surface area contributed by atoms with Gasteiger partial charge in [-0.05, 0) is 12.8 Å². The maximum Gasteiger partial charge on any atom is 0.0146 e. The van der Waals surface area contributed by atoms with Crippen LogP contribution in [0.2, 0.25) is 0 Å². The molecule has 0 aliphatic heterocycles. The van der Waals surface area contributed by atoms with E-state index in [-0.39, 0.29) is 0 Å². The maximum atomic E-state index is 4.34. The Morgan fingerprint density at radius 2 is 0.955 bits per heavy atom. The van der Waals surface area contributed by atoms with Gasteiger partial charge < -0.3 is 0 Å². The van der Waals surface area contributed by atoms with Crippen LogP contribution in [0.15, 0.2) is 0 Å². The summed E-state index contributed by atoms with van der Waals surface area (Å²) in [7, 11) is 1.75. The molecule has 0 spiro atoms. The van der Waals surface area contributed by atoms with Crippen molar-refractivity contribution in [3.05, 3.63) is 0 Å². The quantitative estimate of drug-likeness (QED) is 0.147. The Hall–Kier alpha value is 0.700. The number of hydrogen-bond donors (Lipinski definition) is 1. The molecule has 0 aliphatic carbocycles. The van der Waals surface area contributed by atoms with Gasteiger partial charge in [0.05, 0.1) is 0 Å². The molecule has 0 aliphatic rings. The van der Waals surface area contributed by atoms with Crippen molar-refractivity contribution in [2.24, 2.45) is 0 Å². The van der Waals surface area contributed by atoms with Crippen molar-refractivity contribution in [1.29, 1.82) is 0 Å². The van der Waals surface area contributed by atoms with E-state index in [4.69, 9.17) is 0 Å². The van der Waals surface area contributed by atoms with Crippen molar-refractivity contribution >= 4 is 22.5 Å². The van der Waals surface area contributed by atoms with Gasteiger partial charge in [0.2, 0.25) is 0 Å². The summed E-state index contributed by atoms with van der Waals surface area (Å²) in [5, 5.41) is 0.783. The molecule has 134 valence electrons. The number of hydrogen-bond acceptors (Lipinski definition) is 2. The van der Waals surface area contributed by atoms with E-state index in [0.29, 0.717) is 0 Å². The zero-order valence-electron chi connectivity index (χ0n) is 15.5. The number of rotatable bonds is 18. The van der Waals surface area contributed by atoms with Crippen LogP contribution in [0, 0.1) is 0 Å². The Morgan fingerprint density at radius 3 is 1.27 bits per heavy atom. The lowest BCUT2D eigenvalue weighted by Crippen LogP contribution is -1.97.